The molecule has 0 bridgehead atoms. The minimum Gasteiger partial charge on any atom is -0.402 e. The number of nitrogens with one attached hydrogen (secondary N) is 2. The lowest BCUT2D eigenvalue weighted by atomic mass is 9.57. The van der Waals surface area contributed by atoms with Crippen LogP contribution in [0.15, 0.2) is 47.5 Å². The number of rotatable bonds is 9. The summed E-state index contributed by atoms with van der Waals surface area (Å²) < 4.78 is 1.37. The fraction of sp³-hybridized carbons (Fsp3) is 0.548. The Kier molecular flexibility index (Phi) is 8.09. The summed E-state index contributed by atoms with van der Waals surface area (Å²) >= 11 is 0. The fourth-order valence-corrected chi connectivity index (χ4v) is 7.74. The summed E-state index contributed by atoms with van der Waals surface area (Å²) in [5.74, 6) is 0.998. The van der Waals surface area contributed by atoms with Crippen LogP contribution in [0.1, 0.15) is 72.3 Å². The second-order valence-corrected chi connectivity index (χ2v) is 12.1. The van der Waals surface area contributed by atoms with Crippen molar-refractivity contribution in [3.05, 3.63) is 75.8 Å². The summed E-state index contributed by atoms with van der Waals surface area (Å²) in [4.78, 5) is 30.1. The molecule has 6 N–H and O–H groups in total. The molecular weight excluding hydrogens is 516 g/mol. The quantitative estimate of drug-likeness (QED) is 0.344. The summed E-state index contributed by atoms with van der Waals surface area (Å²) in [6, 6.07) is 8.03. The highest BCUT2D eigenvalue weighted by atomic mass is 16.2. The molecule has 3 aliphatic rings. The van der Waals surface area contributed by atoms with E-state index in [1.165, 1.54) is 4.68 Å². The molecule has 0 spiro atoms. The Hall–Kier alpha value is -3.84. The van der Waals surface area contributed by atoms with Crippen molar-refractivity contribution >= 4 is 5.91 Å². The third-order valence-electron chi connectivity index (χ3n) is 9.82. The standard InChI is InChI=1S/C31H42N8O2/c1-19(39-14-4-5-25(39)17-32)18-35-13-12-31(29-36-30(41)38(3)37-29)26-10-8-21(20(2)33)15-22(26)6-7-23-16-24(28(34)40)9-11-27(23)31/h9,11,16,21-22,25-26,35H,1-2,4-8,10,12-15,18,33H2,3H3,(H2,34,40)(H,36,37,41)/t21-,22?,25?,26?,31?/m0/s1. The van der Waals surface area contributed by atoms with E-state index in [0.717, 1.165) is 74.0 Å². The number of carbonyl (C=O) groups is 1. The van der Waals surface area contributed by atoms with Gasteiger partial charge in [-0.25, -0.2) is 9.48 Å². The highest BCUT2D eigenvalue weighted by Gasteiger charge is 2.51. The van der Waals surface area contributed by atoms with Crippen LogP contribution in [-0.4, -0.2) is 51.2 Å². The zero-order chi connectivity index (χ0) is 29.3. The van der Waals surface area contributed by atoms with Crippen LogP contribution in [0.5, 0.6) is 0 Å². The van der Waals surface area contributed by atoms with Gasteiger partial charge in [-0.05, 0) is 98.9 Å². The van der Waals surface area contributed by atoms with Crippen LogP contribution in [0.25, 0.3) is 0 Å². The summed E-state index contributed by atoms with van der Waals surface area (Å²) in [7, 11) is 1.67. The van der Waals surface area contributed by atoms with Gasteiger partial charge in [-0.2, -0.15) is 10.4 Å². The smallest absolute Gasteiger partial charge is 0.343 e. The van der Waals surface area contributed by atoms with E-state index in [0.29, 0.717) is 36.8 Å². The maximum absolute atomic E-state index is 12.8. The number of amides is 1. The van der Waals surface area contributed by atoms with Crippen molar-refractivity contribution in [3.63, 3.8) is 0 Å². The first kappa shape index (κ1) is 28.7. The Morgan fingerprint density at radius 2 is 2.07 bits per heavy atom. The molecule has 1 saturated carbocycles. The van der Waals surface area contributed by atoms with Crippen molar-refractivity contribution in [1.29, 1.82) is 5.26 Å². The molecular formula is C31H42N8O2. The molecule has 41 heavy (non-hydrogen) atoms. The van der Waals surface area contributed by atoms with Gasteiger partial charge in [0.2, 0.25) is 5.91 Å². The van der Waals surface area contributed by atoms with Gasteiger partial charge in [-0.1, -0.05) is 19.2 Å². The number of nitrogens with zero attached hydrogens (tertiary/aromatic N) is 4. The van der Waals surface area contributed by atoms with Crippen molar-refractivity contribution in [2.24, 2.45) is 36.3 Å². The molecule has 4 unspecified atom stereocenters. The van der Waals surface area contributed by atoms with E-state index in [-0.39, 0.29) is 23.6 Å². The van der Waals surface area contributed by atoms with Gasteiger partial charge in [-0.3, -0.25) is 9.78 Å². The van der Waals surface area contributed by atoms with Crippen LogP contribution in [0.4, 0.5) is 0 Å². The predicted octanol–water partition coefficient (Wildman–Crippen LogP) is 2.43. The van der Waals surface area contributed by atoms with E-state index in [4.69, 9.17) is 16.6 Å². The number of nitriles is 1. The minimum atomic E-state index is -0.592. The molecule has 0 radical (unpaired) electrons. The Balaban J connectivity index is 1.53. The molecule has 2 heterocycles. The number of carbonyl (C=O) groups excluding carboxylic acids is 1. The maximum Gasteiger partial charge on any atom is 0.343 e. The monoisotopic (exact) mass is 558 g/mol. The van der Waals surface area contributed by atoms with Gasteiger partial charge in [0.25, 0.3) is 0 Å². The van der Waals surface area contributed by atoms with Gasteiger partial charge in [0.1, 0.15) is 11.9 Å². The third kappa shape index (κ3) is 5.31. The number of allylic oxidation sites excluding steroid dienone is 1. The lowest BCUT2D eigenvalue weighted by Crippen LogP contribution is -2.46. The largest absolute Gasteiger partial charge is 0.402 e. The van der Waals surface area contributed by atoms with Crippen molar-refractivity contribution in [1.82, 2.24) is 25.0 Å². The predicted molar refractivity (Wildman–Crippen MR) is 158 cm³/mol. The van der Waals surface area contributed by atoms with E-state index >= 15 is 0 Å². The van der Waals surface area contributed by atoms with Gasteiger partial charge >= 0.3 is 5.69 Å². The Morgan fingerprint density at radius 1 is 1.27 bits per heavy atom. The van der Waals surface area contributed by atoms with Crippen LogP contribution in [0.2, 0.25) is 0 Å². The summed E-state index contributed by atoms with van der Waals surface area (Å²) in [6.07, 6.45) is 7.08. The van der Waals surface area contributed by atoms with E-state index < -0.39 is 11.3 Å². The molecule has 10 nitrogen and oxygen atoms in total. The van der Waals surface area contributed by atoms with Gasteiger partial charge in [-0.15, -0.1) is 0 Å². The second-order valence-electron chi connectivity index (χ2n) is 12.1. The molecule has 2 fully saturated rings. The van der Waals surface area contributed by atoms with Crippen LogP contribution >= 0.6 is 0 Å². The summed E-state index contributed by atoms with van der Waals surface area (Å²) in [6.45, 7) is 10.4. The topological polar surface area (TPSA) is 159 Å². The van der Waals surface area contributed by atoms with Gasteiger partial charge < -0.3 is 21.7 Å². The third-order valence-corrected chi connectivity index (χ3v) is 9.82. The molecule has 1 aromatic heterocycles. The Labute approximate surface area is 241 Å². The first-order valence-corrected chi connectivity index (χ1v) is 14.7. The van der Waals surface area contributed by atoms with Crippen molar-refractivity contribution in [2.45, 2.75) is 62.8 Å². The molecule has 5 atom stereocenters. The maximum atomic E-state index is 12.8. The molecule has 218 valence electrons. The van der Waals surface area contributed by atoms with E-state index in [1.54, 1.807) is 13.1 Å². The molecule has 1 aromatic carbocycles. The number of hydrogen-bond donors (Lipinski definition) is 4. The SMILES string of the molecule is C=C(N)[C@H]1CCC2C(CCc3cc(C(N)=O)ccc3C2(CCNCC(=C)N2CCCC2C#N)c2nn(C)c(=O)[nH]2)C1. The van der Waals surface area contributed by atoms with E-state index in [2.05, 4.69) is 34.4 Å². The lowest BCUT2D eigenvalue weighted by Gasteiger charge is -2.47. The normalized spacial score (nSPS) is 27.4. The number of nitrogens with two attached hydrogens (primary N) is 2. The highest BCUT2D eigenvalue weighted by molar-refractivity contribution is 5.93. The number of aryl methyl sites for hydroxylation is 2. The van der Waals surface area contributed by atoms with Gasteiger partial charge in [0.15, 0.2) is 0 Å². The van der Waals surface area contributed by atoms with Crippen molar-refractivity contribution in [3.8, 4) is 6.07 Å². The molecule has 1 amide bonds. The van der Waals surface area contributed by atoms with Gasteiger partial charge in [0.05, 0.1) is 11.5 Å². The number of H-pyrrole nitrogens is 1. The van der Waals surface area contributed by atoms with E-state index in [1.807, 2.05) is 12.1 Å². The van der Waals surface area contributed by atoms with Crippen LogP contribution in [0, 0.1) is 29.1 Å². The minimum absolute atomic E-state index is 0.115. The van der Waals surface area contributed by atoms with Crippen LogP contribution in [-0.2, 0) is 18.9 Å². The summed E-state index contributed by atoms with van der Waals surface area (Å²) in [5.41, 5.74) is 15.4. The number of fused-ring (bicyclic) bond motifs is 2. The van der Waals surface area contributed by atoms with Gasteiger partial charge in [0, 0.05) is 37.1 Å². The van der Waals surface area contributed by atoms with Crippen LogP contribution in [0.3, 0.4) is 0 Å². The summed E-state index contributed by atoms with van der Waals surface area (Å²) in [5, 5.41) is 17.9. The number of benzene rings is 1. The molecule has 1 aliphatic heterocycles. The first-order valence-electron chi connectivity index (χ1n) is 14.7. The molecule has 2 aliphatic carbocycles. The first-order chi connectivity index (χ1) is 19.6. The second kappa shape index (κ2) is 11.6. The average molecular weight is 559 g/mol. The zero-order valence-electron chi connectivity index (χ0n) is 24.0. The fourth-order valence-electron chi connectivity index (χ4n) is 7.74. The van der Waals surface area contributed by atoms with E-state index in [9.17, 15) is 14.9 Å². The lowest BCUT2D eigenvalue weighted by molar-refractivity contribution is 0.1000. The van der Waals surface area contributed by atoms with Crippen molar-refractivity contribution < 1.29 is 4.79 Å². The number of aromatic amines is 1. The Morgan fingerprint density at radius 3 is 2.76 bits per heavy atom. The highest BCUT2D eigenvalue weighted by Crippen LogP contribution is 2.54. The molecule has 1 saturated heterocycles. The van der Waals surface area contributed by atoms with Crippen molar-refractivity contribution in [2.75, 3.05) is 19.6 Å². The number of aromatic nitrogens is 3. The van der Waals surface area contributed by atoms with Crippen LogP contribution < -0.4 is 22.5 Å². The molecule has 10 heteroatoms. The zero-order valence-corrected chi connectivity index (χ0v) is 24.0. The molecule has 2 aromatic rings. The molecule has 5 rings (SSSR count). The number of primary amides is 1. The number of hydrogen-bond acceptors (Lipinski definition) is 7. The number of likely N-dealkylation sites (tertiary alicyclic amines) is 1. The Bertz CT molecular complexity index is 1430. The average Bonchev–Trinajstić information content (AvgIpc) is 3.54.